The molecule has 3 atom stereocenters. The Bertz CT molecular complexity index is 110. The van der Waals surface area contributed by atoms with Crippen LogP contribution in [0, 0.1) is 0 Å². The predicted molar refractivity (Wildman–Crippen MR) is 44.9 cm³/mol. The second kappa shape index (κ2) is 6.42. The van der Waals surface area contributed by atoms with Gasteiger partial charge in [0.1, 0.15) is 14.0 Å². The fourth-order valence-corrected chi connectivity index (χ4v) is 0.729. The van der Waals surface area contributed by atoms with E-state index >= 15 is 0 Å². The second-order valence-electron chi connectivity index (χ2n) is 2.65. The molecule has 0 aliphatic rings. The third kappa shape index (κ3) is 4.72. The Labute approximate surface area is 73.6 Å². The molecule has 0 aromatic heterocycles. The number of rotatable bonds is 6. The van der Waals surface area contributed by atoms with E-state index in [9.17, 15) is 0 Å². The first kappa shape index (κ1) is 11.9. The van der Waals surface area contributed by atoms with Gasteiger partial charge >= 0.3 is 0 Å². The lowest BCUT2D eigenvalue weighted by Gasteiger charge is -2.22. The minimum atomic E-state index is -0.764. The summed E-state index contributed by atoms with van der Waals surface area (Å²) < 4.78 is 5.02. The Hall–Kier alpha value is -0.0951. The molecule has 0 amide bonds. The molecule has 3 N–H and O–H groups in total. The van der Waals surface area contributed by atoms with E-state index in [0.717, 1.165) is 0 Å². The topological polar surface area (TPSA) is 69.9 Å². The van der Waals surface area contributed by atoms with Crippen LogP contribution in [-0.2, 0) is 4.74 Å². The Balaban J connectivity index is 3.69. The summed E-state index contributed by atoms with van der Waals surface area (Å²) >= 11 is 0. The van der Waals surface area contributed by atoms with Crippen LogP contribution in [0.5, 0.6) is 0 Å². The van der Waals surface area contributed by atoms with Crippen molar-refractivity contribution < 1.29 is 20.1 Å². The molecule has 4 nitrogen and oxygen atoms in total. The molecule has 12 heavy (non-hydrogen) atoms. The lowest BCUT2D eigenvalue weighted by atomic mass is 9.96. The van der Waals surface area contributed by atoms with Gasteiger partial charge in [0, 0.05) is 12.6 Å². The van der Waals surface area contributed by atoms with E-state index in [1.807, 2.05) is 0 Å². The molecule has 0 unspecified atom stereocenters. The summed E-state index contributed by atoms with van der Waals surface area (Å²) in [7, 11) is 5.39. The van der Waals surface area contributed by atoms with Crippen molar-refractivity contribution in [1.29, 1.82) is 0 Å². The molecule has 0 aliphatic carbocycles. The molecule has 5 heteroatoms. The third-order valence-corrected chi connectivity index (χ3v) is 1.48. The molecule has 0 aromatic carbocycles. The van der Waals surface area contributed by atoms with Gasteiger partial charge in [0.05, 0.1) is 12.7 Å². The van der Waals surface area contributed by atoms with Crippen molar-refractivity contribution >= 4 is 7.85 Å². The number of aliphatic hydroxyl groups excluding tert-OH is 3. The van der Waals surface area contributed by atoms with E-state index in [0.29, 0.717) is 6.42 Å². The molecule has 0 fully saturated rings. The monoisotopic (exact) mass is 174 g/mol. The lowest BCUT2D eigenvalue weighted by molar-refractivity contribution is -0.0724. The van der Waals surface area contributed by atoms with Crippen LogP contribution in [0.1, 0.15) is 13.3 Å². The molecule has 70 valence electrons. The minimum Gasteiger partial charge on any atom is -0.396 e. The third-order valence-electron chi connectivity index (χ3n) is 1.48. The van der Waals surface area contributed by atoms with E-state index in [-0.39, 0.29) is 13.2 Å². The van der Waals surface area contributed by atoms with Gasteiger partial charge in [-0.2, -0.15) is 0 Å². The number of aliphatic hydroxyl groups is 3. The van der Waals surface area contributed by atoms with Crippen LogP contribution >= 0.6 is 0 Å². The first-order valence-electron chi connectivity index (χ1n) is 3.92. The van der Waals surface area contributed by atoms with Crippen molar-refractivity contribution in [2.45, 2.75) is 31.6 Å². The Morgan fingerprint density at radius 2 is 2.00 bits per heavy atom. The highest BCUT2D eigenvalue weighted by atomic mass is 16.5. The molecule has 0 spiro atoms. The molecule has 0 rings (SSSR count). The van der Waals surface area contributed by atoms with Gasteiger partial charge in [-0.05, 0) is 13.3 Å². The molecule has 0 saturated heterocycles. The van der Waals surface area contributed by atoms with Gasteiger partial charge in [0.2, 0.25) is 0 Å². The molecule has 0 bridgehead atoms. The largest absolute Gasteiger partial charge is 0.396 e. The van der Waals surface area contributed by atoms with Crippen LogP contribution in [0.4, 0.5) is 0 Å². The summed E-state index contributed by atoms with van der Waals surface area (Å²) in [4.78, 5) is 0. The Morgan fingerprint density at radius 3 is 2.33 bits per heavy atom. The highest BCUT2D eigenvalue weighted by Crippen LogP contribution is 2.03. The van der Waals surface area contributed by atoms with Crippen LogP contribution in [0.15, 0.2) is 0 Å². The van der Waals surface area contributed by atoms with Gasteiger partial charge in [-0.15, -0.1) is 0 Å². The SMILES string of the molecule is [B][C@@H](CCO)O[C@H](CO)[C@H](C)O. The van der Waals surface area contributed by atoms with E-state index in [2.05, 4.69) is 0 Å². The second-order valence-corrected chi connectivity index (χ2v) is 2.65. The van der Waals surface area contributed by atoms with Crippen molar-refractivity contribution in [3.8, 4) is 0 Å². The zero-order valence-corrected chi connectivity index (χ0v) is 7.18. The Morgan fingerprint density at radius 1 is 1.42 bits per heavy atom. The minimum absolute atomic E-state index is 0.0703. The number of ether oxygens (including phenoxy) is 1. The number of hydrogen-bond donors (Lipinski definition) is 3. The van der Waals surface area contributed by atoms with Crippen molar-refractivity contribution in [3.63, 3.8) is 0 Å². The predicted octanol–water partition coefficient (Wildman–Crippen LogP) is -1.38. The smallest absolute Gasteiger partial charge is 0.109 e. The van der Waals surface area contributed by atoms with Gasteiger partial charge < -0.3 is 20.1 Å². The summed E-state index contributed by atoms with van der Waals surface area (Å²) in [6.07, 6.45) is -1.14. The van der Waals surface area contributed by atoms with Gasteiger partial charge in [-0.3, -0.25) is 0 Å². The molecular formula is C7H15BO4. The van der Waals surface area contributed by atoms with Crippen molar-refractivity contribution in [2.75, 3.05) is 13.2 Å². The van der Waals surface area contributed by atoms with E-state index < -0.39 is 18.2 Å². The highest BCUT2D eigenvalue weighted by molar-refractivity contribution is 6.10. The summed E-state index contributed by atoms with van der Waals surface area (Å²) in [6, 6.07) is -0.637. The van der Waals surface area contributed by atoms with Crippen LogP contribution < -0.4 is 0 Å². The molecule has 0 saturated carbocycles. The maximum Gasteiger partial charge on any atom is 0.109 e. The average Bonchev–Trinajstić information content (AvgIpc) is 2.00. The molecule has 0 heterocycles. The quantitative estimate of drug-likeness (QED) is 0.434. The zero-order chi connectivity index (χ0) is 9.56. The maximum absolute atomic E-state index is 9.03. The van der Waals surface area contributed by atoms with Gasteiger partial charge in [-0.1, -0.05) is 0 Å². The standard InChI is InChI=1S/C7H15BO4/c1-5(11)6(4-10)12-7(8)2-3-9/h5-7,9-11H,2-4H2,1H3/t5-,6+,7+/m0/s1. The van der Waals surface area contributed by atoms with Crippen molar-refractivity contribution in [1.82, 2.24) is 0 Å². The van der Waals surface area contributed by atoms with E-state index in [1.54, 1.807) is 0 Å². The van der Waals surface area contributed by atoms with Crippen LogP contribution in [0.2, 0.25) is 0 Å². The summed E-state index contributed by atoms with van der Waals surface area (Å²) in [5.41, 5.74) is 0. The van der Waals surface area contributed by atoms with Crippen LogP contribution in [0.3, 0.4) is 0 Å². The Kier molecular flexibility index (Phi) is 6.37. The summed E-state index contributed by atoms with van der Waals surface area (Å²) in [6.45, 7) is 1.16. The lowest BCUT2D eigenvalue weighted by Crippen LogP contribution is -2.34. The van der Waals surface area contributed by atoms with Gasteiger partial charge in [-0.25, -0.2) is 0 Å². The van der Waals surface area contributed by atoms with Crippen LogP contribution in [0.25, 0.3) is 0 Å². The normalized spacial score (nSPS) is 18.7. The summed E-state index contributed by atoms with van der Waals surface area (Å²) in [5.74, 6) is 0. The first-order chi connectivity index (χ1) is 5.61. The fraction of sp³-hybridized carbons (Fsp3) is 1.00. The highest BCUT2D eigenvalue weighted by Gasteiger charge is 2.16. The maximum atomic E-state index is 9.03. The van der Waals surface area contributed by atoms with Crippen LogP contribution in [-0.4, -0.2) is 54.6 Å². The average molecular weight is 174 g/mol. The molecule has 0 aromatic rings. The fourth-order valence-electron chi connectivity index (χ4n) is 0.729. The zero-order valence-electron chi connectivity index (χ0n) is 7.18. The van der Waals surface area contributed by atoms with E-state index in [1.165, 1.54) is 6.92 Å². The van der Waals surface area contributed by atoms with Crippen molar-refractivity contribution in [3.05, 3.63) is 0 Å². The molecular weight excluding hydrogens is 159 g/mol. The van der Waals surface area contributed by atoms with Gasteiger partial charge in [0.25, 0.3) is 0 Å². The summed E-state index contributed by atoms with van der Waals surface area (Å²) in [5, 5.41) is 26.2. The van der Waals surface area contributed by atoms with E-state index in [4.69, 9.17) is 27.9 Å². The van der Waals surface area contributed by atoms with Gasteiger partial charge in [0.15, 0.2) is 0 Å². The van der Waals surface area contributed by atoms with Crippen molar-refractivity contribution in [2.24, 2.45) is 0 Å². The number of hydrogen-bond acceptors (Lipinski definition) is 4. The molecule has 2 radical (unpaired) electrons. The molecule has 0 aliphatic heterocycles. The first-order valence-corrected chi connectivity index (χ1v) is 3.92.